The molecule has 0 saturated heterocycles. The molecule has 18 heavy (non-hydrogen) atoms. The molecule has 0 aromatic heterocycles. The molecule has 0 heterocycles. The molecule has 0 aliphatic heterocycles. The Bertz CT molecular complexity index is 355. The number of nitrogens with two attached hydrogens (primary N) is 1. The topological polar surface area (TPSA) is 41.3 Å². The third-order valence-electron chi connectivity index (χ3n) is 2.99. The molecule has 0 radical (unpaired) electrons. The average molecular weight is 247 g/mol. The minimum Gasteiger partial charge on any atom is -0.378 e. The lowest BCUT2D eigenvalue weighted by Crippen LogP contribution is -2.28. The van der Waals surface area contributed by atoms with Gasteiger partial charge in [-0.3, -0.25) is 0 Å². The third kappa shape index (κ3) is 4.51. The molecular formula is C15H25N3. The van der Waals surface area contributed by atoms with Crippen LogP contribution >= 0.6 is 0 Å². The van der Waals surface area contributed by atoms with E-state index in [0.717, 1.165) is 13.0 Å². The van der Waals surface area contributed by atoms with Crippen molar-refractivity contribution in [2.45, 2.75) is 19.4 Å². The normalized spacial score (nSPS) is 12.9. The van der Waals surface area contributed by atoms with Crippen LogP contribution in [0.4, 0.5) is 5.69 Å². The maximum atomic E-state index is 5.83. The van der Waals surface area contributed by atoms with Crippen LogP contribution in [-0.4, -0.2) is 27.2 Å². The van der Waals surface area contributed by atoms with Crippen molar-refractivity contribution in [3.8, 4) is 0 Å². The number of rotatable bonds is 7. The first kappa shape index (κ1) is 14.7. The van der Waals surface area contributed by atoms with E-state index in [1.807, 2.05) is 21.0 Å². The molecular weight excluding hydrogens is 222 g/mol. The van der Waals surface area contributed by atoms with E-state index in [-0.39, 0.29) is 6.04 Å². The Morgan fingerprint density at radius 1 is 1.28 bits per heavy atom. The van der Waals surface area contributed by atoms with Crippen molar-refractivity contribution < 1.29 is 0 Å². The quantitative estimate of drug-likeness (QED) is 0.574. The molecule has 0 fully saturated rings. The van der Waals surface area contributed by atoms with Gasteiger partial charge in [-0.25, -0.2) is 0 Å². The first-order valence-electron chi connectivity index (χ1n) is 6.51. The summed E-state index contributed by atoms with van der Waals surface area (Å²) >= 11 is 0. The Hall–Kier alpha value is -1.32. The molecule has 0 spiro atoms. The van der Waals surface area contributed by atoms with Crippen LogP contribution < -0.4 is 16.0 Å². The van der Waals surface area contributed by atoms with Crippen LogP contribution in [0.1, 0.15) is 24.9 Å². The number of nitrogens with one attached hydrogen (secondary N) is 1. The molecule has 100 valence electrons. The maximum Gasteiger partial charge on any atom is 0.0444 e. The number of benzene rings is 1. The minimum absolute atomic E-state index is 0.242. The maximum absolute atomic E-state index is 5.83. The summed E-state index contributed by atoms with van der Waals surface area (Å²) in [5.41, 5.74) is 8.29. The van der Waals surface area contributed by atoms with E-state index in [1.165, 1.54) is 11.3 Å². The Labute approximate surface area is 111 Å². The summed E-state index contributed by atoms with van der Waals surface area (Å²) < 4.78 is 0. The van der Waals surface area contributed by atoms with Crippen molar-refractivity contribution in [3.05, 3.63) is 42.0 Å². The van der Waals surface area contributed by atoms with Gasteiger partial charge in [-0.15, -0.1) is 0 Å². The van der Waals surface area contributed by atoms with Crippen molar-refractivity contribution >= 4 is 5.69 Å². The zero-order valence-corrected chi connectivity index (χ0v) is 11.7. The Morgan fingerprint density at radius 2 is 1.94 bits per heavy atom. The molecule has 0 aliphatic rings. The Balaban J connectivity index is 2.58. The zero-order valence-electron chi connectivity index (χ0n) is 11.7. The highest BCUT2D eigenvalue weighted by molar-refractivity contribution is 5.46. The first-order chi connectivity index (χ1) is 8.69. The van der Waals surface area contributed by atoms with Crippen LogP contribution in [0.5, 0.6) is 0 Å². The molecule has 1 aromatic carbocycles. The molecule has 1 unspecified atom stereocenters. The number of anilines is 1. The van der Waals surface area contributed by atoms with Crippen LogP contribution in [0.2, 0.25) is 0 Å². The fourth-order valence-electron chi connectivity index (χ4n) is 1.85. The zero-order chi connectivity index (χ0) is 13.4. The second-order valence-corrected chi connectivity index (χ2v) is 4.59. The van der Waals surface area contributed by atoms with Crippen molar-refractivity contribution in [2.75, 3.05) is 32.1 Å². The van der Waals surface area contributed by atoms with Gasteiger partial charge in [0.05, 0.1) is 0 Å². The number of nitrogens with zero attached hydrogens (tertiary/aromatic N) is 1. The standard InChI is InChI=1S/C15H25N3/c1-4-5-6-11-17-15(12-16)13-7-9-14(10-8-13)18(2)3/h4-5,7-10,15,17H,6,11-12,16H2,1-3H3/b5-4+. The monoisotopic (exact) mass is 247 g/mol. The van der Waals surface area contributed by atoms with Crippen LogP contribution in [0, 0.1) is 0 Å². The van der Waals surface area contributed by atoms with Gasteiger partial charge in [0.25, 0.3) is 0 Å². The predicted molar refractivity (Wildman–Crippen MR) is 80.0 cm³/mol. The fraction of sp³-hybridized carbons (Fsp3) is 0.467. The van der Waals surface area contributed by atoms with E-state index in [1.54, 1.807) is 0 Å². The lowest BCUT2D eigenvalue weighted by atomic mass is 10.1. The van der Waals surface area contributed by atoms with Gasteiger partial charge in [-0.05, 0) is 37.6 Å². The smallest absolute Gasteiger partial charge is 0.0444 e. The number of hydrogen-bond donors (Lipinski definition) is 2. The summed E-state index contributed by atoms with van der Waals surface area (Å²) in [5.74, 6) is 0. The molecule has 3 nitrogen and oxygen atoms in total. The highest BCUT2D eigenvalue weighted by Gasteiger charge is 2.08. The second kappa shape index (κ2) is 7.90. The SMILES string of the molecule is C/C=C/CCNC(CN)c1ccc(N(C)C)cc1. The van der Waals surface area contributed by atoms with E-state index >= 15 is 0 Å². The number of allylic oxidation sites excluding steroid dienone is 1. The van der Waals surface area contributed by atoms with Gasteiger partial charge in [-0.2, -0.15) is 0 Å². The molecule has 0 aliphatic carbocycles. The number of hydrogen-bond acceptors (Lipinski definition) is 3. The van der Waals surface area contributed by atoms with E-state index < -0.39 is 0 Å². The van der Waals surface area contributed by atoms with Gasteiger partial charge in [0.15, 0.2) is 0 Å². The first-order valence-corrected chi connectivity index (χ1v) is 6.51. The van der Waals surface area contributed by atoms with Gasteiger partial charge >= 0.3 is 0 Å². The summed E-state index contributed by atoms with van der Waals surface area (Å²) in [5, 5.41) is 3.48. The molecule has 3 heteroatoms. The molecule has 1 atom stereocenters. The van der Waals surface area contributed by atoms with Crippen LogP contribution in [0.15, 0.2) is 36.4 Å². The molecule has 1 aromatic rings. The summed E-state index contributed by atoms with van der Waals surface area (Å²) in [4.78, 5) is 2.10. The highest BCUT2D eigenvalue weighted by Crippen LogP contribution is 2.17. The van der Waals surface area contributed by atoms with Crippen molar-refractivity contribution in [2.24, 2.45) is 5.73 Å². The van der Waals surface area contributed by atoms with Gasteiger partial charge in [0.2, 0.25) is 0 Å². The molecule has 0 bridgehead atoms. The summed E-state index contributed by atoms with van der Waals surface area (Å²) in [6, 6.07) is 8.80. The summed E-state index contributed by atoms with van der Waals surface area (Å²) in [6.45, 7) is 3.62. The van der Waals surface area contributed by atoms with Crippen molar-refractivity contribution in [1.29, 1.82) is 0 Å². The molecule has 1 rings (SSSR count). The van der Waals surface area contributed by atoms with Crippen molar-refractivity contribution in [1.82, 2.24) is 5.32 Å². The lowest BCUT2D eigenvalue weighted by Gasteiger charge is -2.18. The largest absolute Gasteiger partial charge is 0.378 e. The fourth-order valence-corrected chi connectivity index (χ4v) is 1.85. The van der Waals surface area contributed by atoms with Crippen molar-refractivity contribution in [3.63, 3.8) is 0 Å². The molecule has 0 amide bonds. The lowest BCUT2D eigenvalue weighted by molar-refractivity contribution is 0.548. The molecule has 0 saturated carbocycles. The Morgan fingerprint density at radius 3 is 2.44 bits per heavy atom. The van der Waals surface area contributed by atoms with E-state index in [4.69, 9.17) is 5.73 Å². The van der Waals surface area contributed by atoms with Gasteiger partial charge in [0, 0.05) is 32.4 Å². The van der Waals surface area contributed by atoms with Gasteiger partial charge in [-0.1, -0.05) is 24.3 Å². The van der Waals surface area contributed by atoms with Gasteiger partial charge in [0.1, 0.15) is 0 Å². The minimum atomic E-state index is 0.242. The molecule has 3 N–H and O–H groups in total. The van der Waals surface area contributed by atoms with E-state index in [0.29, 0.717) is 6.54 Å². The third-order valence-corrected chi connectivity index (χ3v) is 2.99. The summed E-state index contributed by atoms with van der Waals surface area (Å²) in [7, 11) is 4.09. The van der Waals surface area contributed by atoms with Gasteiger partial charge < -0.3 is 16.0 Å². The van der Waals surface area contributed by atoms with Crippen LogP contribution in [0.25, 0.3) is 0 Å². The Kier molecular flexibility index (Phi) is 6.47. The van der Waals surface area contributed by atoms with Crippen LogP contribution in [-0.2, 0) is 0 Å². The predicted octanol–water partition coefficient (Wildman–Crippen LogP) is 2.31. The highest BCUT2D eigenvalue weighted by atomic mass is 15.1. The summed E-state index contributed by atoms with van der Waals surface area (Å²) in [6.07, 6.45) is 5.28. The van der Waals surface area contributed by atoms with E-state index in [9.17, 15) is 0 Å². The van der Waals surface area contributed by atoms with E-state index in [2.05, 4.69) is 46.6 Å². The average Bonchev–Trinajstić information content (AvgIpc) is 2.39. The van der Waals surface area contributed by atoms with Crippen LogP contribution in [0.3, 0.4) is 0 Å². The second-order valence-electron chi connectivity index (χ2n) is 4.59.